The summed E-state index contributed by atoms with van der Waals surface area (Å²) in [5.74, 6) is -0.0686. The summed E-state index contributed by atoms with van der Waals surface area (Å²) in [5.41, 5.74) is 9.76. The van der Waals surface area contributed by atoms with Gasteiger partial charge < -0.3 is 15.6 Å². The maximum Gasteiger partial charge on any atom is 0.260 e. The Balaban J connectivity index is 1.57. The van der Waals surface area contributed by atoms with Crippen LogP contribution in [0.2, 0.25) is 0 Å². The molecular formula is C20H15N5OS. The molecule has 0 atom stereocenters. The highest BCUT2D eigenvalue weighted by molar-refractivity contribution is 7.03. The topological polar surface area (TPSA) is 87.9 Å². The zero-order valence-electron chi connectivity index (χ0n) is 14.2. The Morgan fingerprint density at radius 2 is 2.15 bits per heavy atom. The molecule has 5 rings (SSSR count). The summed E-state index contributed by atoms with van der Waals surface area (Å²) in [6.07, 6.45) is 9.17. The maximum atomic E-state index is 13.1. The van der Waals surface area contributed by atoms with Gasteiger partial charge in [0.2, 0.25) is 0 Å². The number of nitrogen functional groups attached to an aromatic ring is 1. The predicted molar refractivity (Wildman–Crippen MR) is 107 cm³/mol. The van der Waals surface area contributed by atoms with Crippen LogP contribution in [0.25, 0.3) is 34.4 Å². The van der Waals surface area contributed by atoms with E-state index in [1.807, 2.05) is 42.6 Å². The van der Waals surface area contributed by atoms with Crippen molar-refractivity contribution in [3.63, 3.8) is 0 Å². The molecule has 0 saturated heterocycles. The van der Waals surface area contributed by atoms with Gasteiger partial charge >= 0.3 is 0 Å². The number of anilines is 1. The molecule has 1 aromatic carbocycles. The van der Waals surface area contributed by atoms with E-state index in [1.54, 1.807) is 23.5 Å². The van der Waals surface area contributed by atoms with Gasteiger partial charge in [0.15, 0.2) is 0 Å². The van der Waals surface area contributed by atoms with Crippen LogP contribution < -0.4 is 15.5 Å². The lowest BCUT2D eigenvalue weighted by atomic mass is 10.0. The Kier molecular flexibility index (Phi) is 3.54. The molecule has 4 aromatic rings. The van der Waals surface area contributed by atoms with Crippen LogP contribution >= 0.6 is 11.5 Å². The Morgan fingerprint density at radius 1 is 1.22 bits per heavy atom. The summed E-state index contributed by atoms with van der Waals surface area (Å²) < 4.78 is 5.28. The number of nitrogens with zero attached hydrogens (tertiary/aromatic N) is 3. The lowest BCUT2D eigenvalue weighted by Gasteiger charge is -2.17. The number of amides is 1. The average Bonchev–Trinajstić information content (AvgIpc) is 3.33. The Bertz CT molecular complexity index is 1300. The van der Waals surface area contributed by atoms with Crippen LogP contribution in [-0.4, -0.2) is 31.7 Å². The zero-order chi connectivity index (χ0) is 18.4. The van der Waals surface area contributed by atoms with Crippen LogP contribution in [-0.2, 0) is 0 Å². The molecular weight excluding hydrogens is 358 g/mol. The number of H-pyrrole nitrogens is 1. The Morgan fingerprint density at radius 3 is 3.04 bits per heavy atom. The summed E-state index contributed by atoms with van der Waals surface area (Å²) in [4.78, 5) is 22.4. The van der Waals surface area contributed by atoms with E-state index in [2.05, 4.69) is 14.3 Å². The second kappa shape index (κ2) is 6.07. The maximum absolute atomic E-state index is 13.1. The molecule has 1 aliphatic heterocycles. The first-order valence-corrected chi connectivity index (χ1v) is 9.23. The van der Waals surface area contributed by atoms with E-state index in [0.29, 0.717) is 23.4 Å². The first-order valence-electron chi connectivity index (χ1n) is 8.46. The van der Waals surface area contributed by atoms with Crippen LogP contribution in [0.4, 0.5) is 5.69 Å². The van der Waals surface area contributed by atoms with Gasteiger partial charge in [-0.3, -0.25) is 4.79 Å². The molecule has 0 radical (unpaired) electrons. The molecule has 0 saturated carbocycles. The van der Waals surface area contributed by atoms with Crippen LogP contribution in [0, 0.1) is 0 Å². The molecule has 0 spiro atoms. The van der Waals surface area contributed by atoms with Gasteiger partial charge in [-0.1, -0.05) is 12.1 Å². The monoisotopic (exact) mass is 373 g/mol. The average molecular weight is 373 g/mol. The third kappa shape index (κ3) is 2.69. The lowest BCUT2D eigenvalue weighted by Crippen LogP contribution is -2.35. The molecule has 132 valence electrons. The van der Waals surface area contributed by atoms with Crippen molar-refractivity contribution < 1.29 is 4.79 Å². The van der Waals surface area contributed by atoms with Gasteiger partial charge in [0.05, 0.1) is 10.1 Å². The standard InChI is InChI=1S/C20H15N5OS/c21-15-3-1-2-12(6-15)13-7-16-17(10-23-19(16)22-8-13)20(26)25-5-4-18-14(11-25)9-24-27-18/h1-4,6-11H,5,21H2,(H,22,23). The number of benzene rings is 1. The molecule has 3 N–H and O–H groups in total. The molecule has 0 aliphatic carbocycles. The number of hydrogen-bond donors (Lipinski definition) is 2. The van der Waals surface area contributed by atoms with E-state index in [-0.39, 0.29) is 5.91 Å². The van der Waals surface area contributed by atoms with Crippen molar-refractivity contribution in [1.29, 1.82) is 0 Å². The molecule has 1 amide bonds. The molecule has 7 heteroatoms. The number of fused-ring (bicyclic) bond motifs is 2. The predicted octanol–water partition coefficient (Wildman–Crippen LogP) is 1.94. The van der Waals surface area contributed by atoms with Gasteiger partial charge in [0.1, 0.15) is 5.65 Å². The number of aromatic nitrogens is 3. The fourth-order valence-corrected chi connectivity index (χ4v) is 3.90. The highest BCUT2D eigenvalue weighted by Crippen LogP contribution is 2.26. The summed E-state index contributed by atoms with van der Waals surface area (Å²) in [5, 5.41) is 1.76. The molecule has 4 heterocycles. The van der Waals surface area contributed by atoms with Crippen molar-refractivity contribution >= 4 is 46.4 Å². The number of rotatable bonds is 2. The van der Waals surface area contributed by atoms with E-state index in [4.69, 9.17) is 5.73 Å². The minimum Gasteiger partial charge on any atom is -0.399 e. The number of aromatic amines is 1. The van der Waals surface area contributed by atoms with Crippen molar-refractivity contribution in [1.82, 2.24) is 19.2 Å². The molecule has 27 heavy (non-hydrogen) atoms. The van der Waals surface area contributed by atoms with Crippen LogP contribution in [0.3, 0.4) is 0 Å². The van der Waals surface area contributed by atoms with Crippen molar-refractivity contribution in [2.45, 2.75) is 0 Å². The number of hydrogen-bond acceptors (Lipinski definition) is 5. The van der Waals surface area contributed by atoms with Gasteiger partial charge in [-0.2, -0.15) is 4.37 Å². The van der Waals surface area contributed by atoms with E-state index in [9.17, 15) is 4.79 Å². The second-order valence-electron chi connectivity index (χ2n) is 6.38. The van der Waals surface area contributed by atoms with E-state index in [1.165, 1.54) is 11.5 Å². The Labute approximate surface area is 158 Å². The second-order valence-corrected chi connectivity index (χ2v) is 7.22. The zero-order valence-corrected chi connectivity index (χ0v) is 15.0. The minimum atomic E-state index is -0.0686. The fraction of sp³-hybridized carbons (Fsp3) is 0.0500. The molecule has 0 fully saturated rings. The lowest BCUT2D eigenvalue weighted by molar-refractivity contribution is 0.0857. The smallest absolute Gasteiger partial charge is 0.260 e. The van der Waals surface area contributed by atoms with E-state index < -0.39 is 0 Å². The highest BCUT2D eigenvalue weighted by atomic mass is 32.1. The number of pyridine rings is 1. The van der Waals surface area contributed by atoms with Crippen molar-refractivity contribution in [3.8, 4) is 11.1 Å². The largest absolute Gasteiger partial charge is 0.399 e. The SMILES string of the molecule is Nc1cccc(-c2cnc3[nH]cc(C(=O)N4C=c5cnsc5=CC4)c3c2)c1. The third-order valence-corrected chi connectivity index (χ3v) is 5.45. The van der Waals surface area contributed by atoms with Gasteiger partial charge in [-0.05, 0) is 41.4 Å². The minimum absolute atomic E-state index is 0.0686. The molecule has 0 unspecified atom stereocenters. The Hall–Kier alpha value is -3.45. The molecule has 6 nitrogen and oxygen atoms in total. The van der Waals surface area contributed by atoms with E-state index in [0.717, 1.165) is 26.3 Å². The molecule has 0 bridgehead atoms. The number of nitrogens with two attached hydrogens (primary N) is 1. The summed E-state index contributed by atoms with van der Waals surface area (Å²) in [6, 6.07) is 9.60. The number of carbonyl (C=O) groups excluding carboxylic acids is 1. The summed E-state index contributed by atoms with van der Waals surface area (Å²) in [6.45, 7) is 0.531. The van der Waals surface area contributed by atoms with Crippen molar-refractivity contribution in [3.05, 3.63) is 64.2 Å². The van der Waals surface area contributed by atoms with Gasteiger partial charge in [0.25, 0.3) is 5.91 Å². The van der Waals surface area contributed by atoms with Crippen molar-refractivity contribution in [2.75, 3.05) is 12.3 Å². The van der Waals surface area contributed by atoms with Gasteiger partial charge in [0, 0.05) is 53.2 Å². The third-order valence-electron chi connectivity index (χ3n) is 4.64. The first-order chi connectivity index (χ1) is 13.2. The quantitative estimate of drug-likeness (QED) is 0.526. The van der Waals surface area contributed by atoms with Crippen molar-refractivity contribution in [2.24, 2.45) is 0 Å². The van der Waals surface area contributed by atoms with E-state index >= 15 is 0 Å². The normalized spacial score (nSPS) is 13.1. The molecule has 1 aliphatic rings. The van der Waals surface area contributed by atoms with Crippen LogP contribution in [0.5, 0.6) is 0 Å². The van der Waals surface area contributed by atoms with Gasteiger partial charge in [-0.15, -0.1) is 0 Å². The fourth-order valence-electron chi connectivity index (χ4n) is 3.26. The molecule has 3 aromatic heterocycles. The summed E-state index contributed by atoms with van der Waals surface area (Å²) in [7, 11) is 0. The first kappa shape index (κ1) is 15.8. The number of carbonyl (C=O) groups is 1. The van der Waals surface area contributed by atoms with Crippen LogP contribution in [0.1, 0.15) is 10.4 Å². The number of nitrogens with one attached hydrogen (secondary N) is 1. The summed E-state index contributed by atoms with van der Waals surface area (Å²) >= 11 is 1.44. The van der Waals surface area contributed by atoms with Gasteiger partial charge in [-0.25, -0.2) is 4.98 Å². The highest BCUT2D eigenvalue weighted by Gasteiger charge is 2.19. The van der Waals surface area contributed by atoms with Crippen LogP contribution in [0.15, 0.2) is 48.9 Å².